The molecule has 45 heavy (non-hydrogen) atoms. The van der Waals surface area contributed by atoms with Crippen molar-refractivity contribution in [2.24, 2.45) is 5.16 Å². The first-order valence-corrected chi connectivity index (χ1v) is 17.1. The zero-order valence-corrected chi connectivity index (χ0v) is 27.5. The maximum atomic E-state index is 13.9. The van der Waals surface area contributed by atoms with Crippen molar-refractivity contribution in [2.45, 2.75) is 43.9 Å². The molecule has 3 heterocycles. The van der Waals surface area contributed by atoms with Gasteiger partial charge in [0, 0.05) is 16.0 Å². The average molecular weight is 668 g/mol. The molecular weight excluding hydrogens is 635 g/mol. The normalized spacial score (nSPS) is 18.4. The van der Waals surface area contributed by atoms with Crippen LogP contribution in [0.2, 0.25) is 0 Å². The summed E-state index contributed by atoms with van der Waals surface area (Å²) in [5.74, 6) is -1.27. The third-order valence-corrected chi connectivity index (χ3v) is 9.74. The van der Waals surface area contributed by atoms with Crippen LogP contribution in [0, 0.1) is 0 Å². The Bertz CT molecular complexity index is 1570. The number of nitrogen functional groups attached to an aromatic ring is 1. The number of ether oxygens (including phenoxy) is 2. The number of thioether (sulfide) groups is 2. The van der Waals surface area contributed by atoms with Crippen molar-refractivity contribution in [3.05, 3.63) is 93.5 Å². The molecule has 0 saturated carbocycles. The number of rotatable bonds is 11. The molecule has 236 valence electrons. The number of oxime groups is 1. The van der Waals surface area contributed by atoms with Crippen LogP contribution in [0.25, 0.3) is 0 Å². The first kappa shape index (κ1) is 32.5. The van der Waals surface area contributed by atoms with Gasteiger partial charge in [0.05, 0.1) is 5.60 Å². The lowest BCUT2D eigenvalue weighted by Crippen LogP contribution is -2.71. The second kappa shape index (κ2) is 14.1. The summed E-state index contributed by atoms with van der Waals surface area (Å²) < 4.78 is 11.6. The number of nitrogens with two attached hydrogens (primary N) is 1. The van der Waals surface area contributed by atoms with E-state index >= 15 is 0 Å². The Labute approximate surface area is 273 Å². The molecule has 0 aliphatic carbocycles. The van der Waals surface area contributed by atoms with Crippen LogP contribution in [0.1, 0.15) is 43.7 Å². The molecular formula is C31H33N5O6S3. The number of aromatic nitrogens is 1. The Morgan fingerprint density at radius 1 is 1.13 bits per heavy atom. The van der Waals surface area contributed by atoms with Gasteiger partial charge in [-0.2, -0.15) is 0 Å². The summed E-state index contributed by atoms with van der Waals surface area (Å²) in [6, 6.07) is 18.0. The van der Waals surface area contributed by atoms with E-state index in [1.54, 1.807) is 5.38 Å². The maximum absolute atomic E-state index is 13.9. The average Bonchev–Trinajstić information content (AvgIpc) is 3.47. The van der Waals surface area contributed by atoms with Crippen molar-refractivity contribution >= 4 is 63.5 Å². The van der Waals surface area contributed by atoms with E-state index in [-0.39, 0.29) is 29.0 Å². The fourth-order valence-corrected chi connectivity index (χ4v) is 7.38. The monoisotopic (exact) mass is 667 g/mol. The summed E-state index contributed by atoms with van der Waals surface area (Å²) >= 11 is 3.97. The molecule has 2 aliphatic rings. The molecule has 2 atom stereocenters. The molecule has 2 aromatic carbocycles. The Morgan fingerprint density at radius 2 is 1.78 bits per heavy atom. The van der Waals surface area contributed by atoms with Crippen molar-refractivity contribution in [1.82, 2.24) is 15.2 Å². The lowest BCUT2D eigenvalue weighted by Gasteiger charge is -2.49. The number of β-lactam (4-membered cyclic amide) rings is 1. The number of thiazole rings is 1. The largest absolute Gasteiger partial charge is 0.448 e. The molecule has 2 amide bonds. The summed E-state index contributed by atoms with van der Waals surface area (Å²) in [6.45, 7) is 5.37. The maximum Gasteiger partial charge on any atom is 0.356 e. The van der Waals surface area contributed by atoms with Crippen LogP contribution >= 0.6 is 34.9 Å². The highest BCUT2D eigenvalue weighted by Gasteiger charge is 2.55. The molecule has 14 heteroatoms. The third-order valence-electron chi connectivity index (χ3n) is 6.77. The predicted molar refractivity (Wildman–Crippen MR) is 176 cm³/mol. The summed E-state index contributed by atoms with van der Waals surface area (Å²) in [5.41, 5.74) is 7.15. The van der Waals surface area contributed by atoms with E-state index in [0.29, 0.717) is 10.7 Å². The van der Waals surface area contributed by atoms with E-state index in [1.165, 1.54) is 28.4 Å². The van der Waals surface area contributed by atoms with E-state index in [1.807, 2.05) is 87.7 Å². The highest BCUT2D eigenvalue weighted by Crippen LogP contribution is 2.44. The zero-order valence-electron chi connectivity index (χ0n) is 25.1. The molecule has 1 unspecified atom stereocenters. The fraction of sp³-hybridized carbons (Fsp3) is 0.323. The number of nitrogens with zero attached hydrogens (tertiary/aromatic N) is 3. The van der Waals surface area contributed by atoms with Gasteiger partial charge in [-0.3, -0.25) is 14.5 Å². The number of carbonyl (C=O) groups is 3. The van der Waals surface area contributed by atoms with Gasteiger partial charge < -0.3 is 25.4 Å². The Hall–Kier alpha value is -3.85. The summed E-state index contributed by atoms with van der Waals surface area (Å²) in [7, 11) is 0. The Morgan fingerprint density at radius 3 is 2.33 bits per heavy atom. The van der Waals surface area contributed by atoms with Gasteiger partial charge in [0.15, 0.2) is 16.9 Å². The van der Waals surface area contributed by atoms with Crippen molar-refractivity contribution in [3.8, 4) is 0 Å². The second-order valence-electron chi connectivity index (χ2n) is 11.0. The van der Waals surface area contributed by atoms with E-state index in [9.17, 15) is 14.4 Å². The number of hydrogen-bond donors (Lipinski definition) is 2. The minimum Gasteiger partial charge on any atom is -0.448 e. The van der Waals surface area contributed by atoms with Gasteiger partial charge >= 0.3 is 5.97 Å². The molecule has 1 fully saturated rings. The van der Waals surface area contributed by atoms with Crippen LogP contribution in [0.5, 0.6) is 0 Å². The van der Waals surface area contributed by atoms with Crippen molar-refractivity contribution in [1.29, 1.82) is 0 Å². The van der Waals surface area contributed by atoms with E-state index in [0.717, 1.165) is 22.5 Å². The Balaban J connectivity index is 1.34. The minimum atomic E-state index is -0.917. The SMILES string of the molecule is CSC1=C(C(=O)OC(c2ccccc2)c2ccccc2)N2C(=O)C(NC(=O)C(=NOCOC(C)(C)C)c3csc(N)n3)[C@@H]2SC1. The third kappa shape index (κ3) is 7.52. The standard InChI is InChI=1S/C31H33N5O6S3/c1-31(2,3)40-17-41-35-22(20-15-45-30(32)33-20)26(37)34-23-27(38)36-24(21(43-4)16-44-28(23)36)29(39)42-25(18-11-7-5-8-12-18)19-13-9-6-10-14-19/h5-15,23,25,28H,16-17H2,1-4H3,(H2,32,33)(H,34,37)/t23?,28-/m0/s1. The molecule has 0 radical (unpaired) electrons. The molecule has 0 bridgehead atoms. The molecule has 3 aromatic rings. The van der Waals surface area contributed by atoms with Crippen LogP contribution in [-0.4, -0.2) is 69.2 Å². The van der Waals surface area contributed by atoms with Gasteiger partial charge in [0.25, 0.3) is 11.8 Å². The number of nitrogens with one attached hydrogen (secondary N) is 1. The molecule has 2 aliphatic heterocycles. The highest BCUT2D eigenvalue weighted by atomic mass is 32.2. The van der Waals surface area contributed by atoms with Crippen LogP contribution in [0.3, 0.4) is 0 Å². The topological polar surface area (TPSA) is 145 Å². The zero-order chi connectivity index (χ0) is 32.1. The van der Waals surface area contributed by atoms with Gasteiger partial charge in [-0.1, -0.05) is 65.8 Å². The number of benzene rings is 2. The number of carbonyl (C=O) groups excluding carboxylic acids is 3. The molecule has 5 rings (SSSR count). The number of anilines is 1. The molecule has 0 spiro atoms. The fourth-order valence-electron chi connectivity index (χ4n) is 4.59. The molecule has 11 nitrogen and oxygen atoms in total. The highest BCUT2D eigenvalue weighted by molar-refractivity contribution is 8.05. The number of esters is 1. The number of fused-ring (bicyclic) bond motifs is 1. The lowest BCUT2D eigenvalue weighted by atomic mass is 10.0. The van der Waals surface area contributed by atoms with E-state index in [4.69, 9.17) is 20.0 Å². The van der Waals surface area contributed by atoms with Crippen LogP contribution < -0.4 is 11.1 Å². The van der Waals surface area contributed by atoms with Crippen molar-refractivity contribution in [3.63, 3.8) is 0 Å². The first-order chi connectivity index (χ1) is 21.6. The van der Waals surface area contributed by atoms with Gasteiger partial charge in [-0.05, 0) is 38.2 Å². The van der Waals surface area contributed by atoms with E-state index < -0.39 is 40.9 Å². The predicted octanol–water partition coefficient (Wildman–Crippen LogP) is 4.53. The van der Waals surface area contributed by atoms with Crippen LogP contribution in [0.4, 0.5) is 5.13 Å². The summed E-state index contributed by atoms with van der Waals surface area (Å²) in [6.07, 6.45) is 1.17. The summed E-state index contributed by atoms with van der Waals surface area (Å²) in [5, 5.41) is 8.00. The molecule has 1 aromatic heterocycles. The van der Waals surface area contributed by atoms with E-state index in [2.05, 4.69) is 15.5 Å². The lowest BCUT2D eigenvalue weighted by molar-refractivity contribution is -0.154. The number of amides is 2. The van der Waals surface area contributed by atoms with Crippen molar-refractivity contribution in [2.75, 3.05) is 24.5 Å². The summed E-state index contributed by atoms with van der Waals surface area (Å²) in [4.78, 5) is 52.4. The van der Waals surface area contributed by atoms with Crippen molar-refractivity contribution < 1.29 is 28.7 Å². The Kier molecular flexibility index (Phi) is 10.2. The first-order valence-electron chi connectivity index (χ1n) is 14.0. The van der Waals surface area contributed by atoms with Crippen LogP contribution in [0.15, 0.2) is 81.8 Å². The van der Waals surface area contributed by atoms with Gasteiger partial charge in [0.2, 0.25) is 6.79 Å². The van der Waals surface area contributed by atoms with Gasteiger partial charge in [-0.15, -0.1) is 34.9 Å². The van der Waals surface area contributed by atoms with Gasteiger partial charge in [0.1, 0.15) is 22.8 Å². The smallest absolute Gasteiger partial charge is 0.356 e. The quantitative estimate of drug-likeness (QED) is 0.0747. The molecule has 3 N–H and O–H groups in total. The van der Waals surface area contributed by atoms with Crippen LogP contribution in [-0.2, 0) is 28.7 Å². The van der Waals surface area contributed by atoms with Gasteiger partial charge in [-0.25, -0.2) is 9.78 Å². The minimum absolute atomic E-state index is 0.152. The molecule has 1 saturated heterocycles. The second-order valence-corrected chi connectivity index (χ2v) is 13.9. The number of hydrogen-bond acceptors (Lipinski definition) is 12.